The first kappa shape index (κ1) is 21.3. The van der Waals surface area contributed by atoms with Gasteiger partial charge >= 0.3 is 0 Å². The molecule has 1 amide bonds. The molecule has 4 nitrogen and oxygen atoms in total. The Labute approximate surface area is 167 Å². The van der Waals surface area contributed by atoms with E-state index in [1.54, 1.807) is 5.56 Å². The van der Waals surface area contributed by atoms with Crippen molar-refractivity contribution in [1.29, 1.82) is 0 Å². The lowest BCUT2D eigenvalue weighted by atomic mass is 10.0. The van der Waals surface area contributed by atoms with Gasteiger partial charge in [0.05, 0.1) is 0 Å². The molecule has 1 aliphatic carbocycles. The molecule has 0 aliphatic heterocycles. The third-order valence-corrected chi connectivity index (χ3v) is 5.88. The number of nitrogens with zero attached hydrogens (tertiary/aromatic N) is 1. The predicted octanol–water partition coefficient (Wildman–Crippen LogP) is 4.72. The van der Waals surface area contributed by atoms with Gasteiger partial charge in [0.15, 0.2) is 0 Å². The van der Waals surface area contributed by atoms with Crippen LogP contribution in [0.5, 0.6) is 0 Å². The van der Waals surface area contributed by atoms with Gasteiger partial charge in [-0.15, -0.1) is 11.8 Å². The summed E-state index contributed by atoms with van der Waals surface area (Å²) in [5.41, 5.74) is 7.16. The smallest absolute Gasteiger partial charge is 0.223 e. The highest BCUT2D eigenvalue weighted by Crippen LogP contribution is 2.44. The number of amides is 1. The van der Waals surface area contributed by atoms with Crippen LogP contribution < -0.4 is 11.2 Å². The van der Waals surface area contributed by atoms with Crippen LogP contribution in [-0.4, -0.2) is 25.5 Å². The maximum absolute atomic E-state index is 9.31. The summed E-state index contributed by atoms with van der Waals surface area (Å²) in [6.45, 7) is 4.44. The molecule has 0 radical (unpaired) electrons. The maximum Gasteiger partial charge on any atom is 0.223 e. The van der Waals surface area contributed by atoms with Gasteiger partial charge in [-0.3, -0.25) is 9.80 Å². The first-order valence-electron chi connectivity index (χ1n) is 9.44. The minimum atomic E-state index is 0.528. The molecule has 1 fully saturated rings. The zero-order valence-corrected chi connectivity index (χ0v) is 17.6. The summed E-state index contributed by atoms with van der Waals surface area (Å²) in [7, 11) is 3.50. The van der Waals surface area contributed by atoms with Gasteiger partial charge in [0.25, 0.3) is 0 Å². The van der Waals surface area contributed by atoms with Crippen molar-refractivity contribution in [2.24, 2.45) is 5.84 Å². The third-order valence-electron chi connectivity index (χ3n) is 4.70. The van der Waals surface area contributed by atoms with Crippen molar-refractivity contribution in [3.63, 3.8) is 0 Å². The lowest BCUT2D eigenvalue weighted by Gasteiger charge is -2.15. The zero-order chi connectivity index (χ0) is 19.8. The molecule has 0 bridgehead atoms. The van der Waals surface area contributed by atoms with Gasteiger partial charge in [0.1, 0.15) is 0 Å². The molecule has 0 spiro atoms. The Morgan fingerprint density at radius 3 is 2.56 bits per heavy atom. The van der Waals surface area contributed by atoms with E-state index in [0.717, 1.165) is 23.1 Å². The third kappa shape index (κ3) is 6.29. The standard InChI is InChI=1S/C20H25NS.C2H6N2O/c1-4-15-9-8-14(2)20(12-15)22-13-18-17(16-10-11-16)6-5-7-19(18)21-3;1-4(3)2-5/h5-9,12,16,21H,4,10-11,13H2,1-3H3;2H,3H2,1H3. The molecule has 5 heteroatoms. The first-order valence-corrected chi connectivity index (χ1v) is 10.4. The van der Waals surface area contributed by atoms with Crippen LogP contribution in [0.2, 0.25) is 0 Å². The van der Waals surface area contributed by atoms with Gasteiger partial charge in [-0.2, -0.15) is 0 Å². The molecular weight excluding hydrogens is 354 g/mol. The molecule has 0 saturated heterocycles. The van der Waals surface area contributed by atoms with Crippen LogP contribution in [0.1, 0.15) is 47.9 Å². The van der Waals surface area contributed by atoms with Gasteiger partial charge in [-0.05, 0) is 66.5 Å². The van der Waals surface area contributed by atoms with Crippen LogP contribution in [0.25, 0.3) is 0 Å². The lowest BCUT2D eigenvalue weighted by molar-refractivity contribution is -0.117. The summed E-state index contributed by atoms with van der Waals surface area (Å²) >= 11 is 1.98. The molecule has 1 aliphatic rings. The van der Waals surface area contributed by atoms with Gasteiger partial charge < -0.3 is 5.32 Å². The number of hydrazine groups is 1. The van der Waals surface area contributed by atoms with Crippen molar-refractivity contribution in [2.45, 2.75) is 49.7 Å². The van der Waals surface area contributed by atoms with Crippen molar-refractivity contribution >= 4 is 23.9 Å². The van der Waals surface area contributed by atoms with Gasteiger partial charge in [0, 0.05) is 30.4 Å². The van der Waals surface area contributed by atoms with E-state index in [1.807, 2.05) is 18.8 Å². The van der Waals surface area contributed by atoms with E-state index in [9.17, 15) is 4.79 Å². The van der Waals surface area contributed by atoms with Crippen LogP contribution >= 0.6 is 11.8 Å². The normalized spacial score (nSPS) is 12.8. The summed E-state index contributed by atoms with van der Waals surface area (Å²) in [6, 6.07) is 13.6. The highest BCUT2D eigenvalue weighted by Gasteiger charge is 2.26. The van der Waals surface area contributed by atoms with E-state index >= 15 is 0 Å². The van der Waals surface area contributed by atoms with Crippen molar-refractivity contribution in [1.82, 2.24) is 5.01 Å². The number of benzene rings is 2. The van der Waals surface area contributed by atoms with E-state index < -0.39 is 0 Å². The van der Waals surface area contributed by atoms with Crippen LogP contribution in [0.4, 0.5) is 5.69 Å². The Kier molecular flexibility index (Phi) is 8.20. The summed E-state index contributed by atoms with van der Waals surface area (Å²) in [5.74, 6) is 6.61. The number of carbonyl (C=O) groups excluding carboxylic acids is 1. The van der Waals surface area contributed by atoms with Gasteiger partial charge in [-0.1, -0.05) is 31.2 Å². The molecule has 146 valence electrons. The molecule has 3 rings (SSSR count). The molecular formula is C22H31N3OS. The molecule has 0 atom stereocenters. The van der Waals surface area contributed by atoms with Crippen molar-refractivity contribution in [3.8, 4) is 0 Å². The summed E-state index contributed by atoms with van der Waals surface area (Å²) in [6.07, 6.45) is 4.35. The highest BCUT2D eigenvalue weighted by atomic mass is 32.2. The van der Waals surface area contributed by atoms with Gasteiger partial charge in [-0.25, -0.2) is 5.84 Å². The van der Waals surface area contributed by atoms with Crippen molar-refractivity contribution in [2.75, 3.05) is 19.4 Å². The van der Waals surface area contributed by atoms with E-state index in [0.29, 0.717) is 6.41 Å². The maximum atomic E-state index is 9.31. The number of hydrogen-bond donors (Lipinski definition) is 2. The number of rotatable bonds is 7. The largest absolute Gasteiger partial charge is 0.388 e. The number of carbonyl (C=O) groups is 1. The number of hydrogen-bond acceptors (Lipinski definition) is 4. The SMILES string of the molecule is CCc1ccc(C)c(SCc2c(NC)cccc2C2CC2)c1.CN(N)C=O. The van der Waals surface area contributed by atoms with E-state index in [1.165, 1.54) is 47.2 Å². The van der Waals surface area contributed by atoms with E-state index in [4.69, 9.17) is 5.84 Å². The van der Waals surface area contributed by atoms with Crippen molar-refractivity contribution in [3.05, 3.63) is 58.7 Å². The zero-order valence-electron chi connectivity index (χ0n) is 16.8. The van der Waals surface area contributed by atoms with E-state index in [-0.39, 0.29) is 0 Å². The average Bonchev–Trinajstić information content (AvgIpc) is 3.52. The number of aryl methyl sites for hydroxylation is 2. The molecule has 3 N–H and O–H groups in total. The van der Waals surface area contributed by atoms with Gasteiger partial charge in [0.2, 0.25) is 6.41 Å². The van der Waals surface area contributed by atoms with Crippen LogP contribution in [-0.2, 0) is 17.0 Å². The Morgan fingerprint density at radius 1 is 1.30 bits per heavy atom. The minimum absolute atomic E-state index is 0.528. The number of nitrogens with one attached hydrogen (secondary N) is 1. The van der Waals surface area contributed by atoms with Crippen LogP contribution in [0.3, 0.4) is 0 Å². The Bertz CT molecular complexity index is 757. The Hall–Kier alpha value is -1.98. The molecule has 27 heavy (non-hydrogen) atoms. The lowest BCUT2D eigenvalue weighted by Crippen LogP contribution is -2.23. The molecule has 0 unspecified atom stereocenters. The molecule has 2 aromatic carbocycles. The van der Waals surface area contributed by atoms with Crippen LogP contribution in [0.15, 0.2) is 41.3 Å². The fraction of sp³-hybridized carbons (Fsp3) is 0.409. The second-order valence-electron chi connectivity index (χ2n) is 6.91. The van der Waals surface area contributed by atoms with Crippen LogP contribution in [0, 0.1) is 6.92 Å². The molecule has 0 aromatic heterocycles. The highest BCUT2D eigenvalue weighted by molar-refractivity contribution is 7.98. The Morgan fingerprint density at radius 2 is 2.00 bits per heavy atom. The van der Waals surface area contributed by atoms with E-state index in [2.05, 4.69) is 55.6 Å². The summed E-state index contributed by atoms with van der Waals surface area (Å²) in [4.78, 5) is 10.7. The fourth-order valence-corrected chi connectivity index (χ4v) is 4.10. The second-order valence-corrected chi connectivity index (χ2v) is 7.93. The summed E-state index contributed by atoms with van der Waals surface area (Å²) < 4.78 is 0. The monoisotopic (exact) mass is 385 g/mol. The number of thioether (sulfide) groups is 1. The quantitative estimate of drug-likeness (QED) is 0.238. The molecule has 1 saturated carbocycles. The Balaban J connectivity index is 0.000000465. The number of nitrogens with two attached hydrogens (primary N) is 1. The second kappa shape index (κ2) is 10.4. The average molecular weight is 386 g/mol. The molecule has 0 heterocycles. The topological polar surface area (TPSA) is 58.4 Å². The van der Waals surface area contributed by atoms with Crippen molar-refractivity contribution < 1.29 is 4.79 Å². The molecule has 2 aromatic rings. The summed E-state index contributed by atoms with van der Waals surface area (Å²) in [5, 5.41) is 4.32. The first-order chi connectivity index (χ1) is 13.0. The number of anilines is 1. The predicted molar refractivity (Wildman–Crippen MR) is 116 cm³/mol. The fourth-order valence-electron chi connectivity index (χ4n) is 2.95. The minimum Gasteiger partial charge on any atom is -0.388 e.